The quantitative estimate of drug-likeness (QED) is 0.569. The van der Waals surface area contributed by atoms with Gasteiger partial charge in [-0.1, -0.05) is 71.9 Å². The summed E-state index contributed by atoms with van der Waals surface area (Å²) >= 11 is 1.52. The zero-order chi connectivity index (χ0) is 24.5. The molecule has 2 heterocycles. The molecule has 0 radical (unpaired) electrons. The Balaban J connectivity index is 1.32. The molecular formula is C29H28N4O2S. The summed E-state index contributed by atoms with van der Waals surface area (Å²) in [5.74, 6) is 1.43. The van der Waals surface area contributed by atoms with E-state index in [0.29, 0.717) is 22.7 Å². The maximum absolute atomic E-state index is 13.3. The number of amides is 1. The van der Waals surface area contributed by atoms with Gasteiger partial charge in [-0.3, -0.25) is 15.1 Å². The van der Waals surface area contributed by atoms with Crippen LogP contribution in [-0.2, 0) is 10.5 Å². The molecule has 1 fully saturated rings. The lowest BCUT2D eigenvalue weighted by Crippen LogP contribution is -2.50. The maximum Gasteiger partial charge on any atom is 0.276 e. The highest BCUT2D eigenvalue weighted by Gasteiger charge is 2.34. The molecule has 1 amide bonds. The van der Waals surface area contributed by atoms with E-state index >= 15 is 0 Å². The van der Waals surface area contributed by atoms with Gasteiger partial charge in [0.1, 0.15) is 11.4 Å². The first-order valence-corrected chi connectivity index (χ1v) is 13.4. The number of rotatable bonds is 5. The van der Waals surface area contributed by atoms with E-state index in [2.05, 4.69) is 36.5 Å². The minimum absolute atomic E-state index is 0.162. The Morgan fingerprint density at radius 1 is 1.00 bits per heavy atom. The largest absolute Gasteiger partial charge is 0.490 e. The Morgan fingerprint density at radius 2 is 1.75 bits per heavy atom. The lowest BCUT2D eigenvalue weighted by Gasteiger charge is -2.34. The lowest BCUT2D eigenvalue weighted by atomic mass is 10.1. The molecule has 6 nitrogen and oxygen atoms in total. The van der Waals surface area contributed by atoms with E-state index in [1.165, 1.54) is 35.7 Å². The SMILES string of the molecule is Cc1ccc(CSC2=NN3C(=c4ccccc4=NC3c3ccc(OC4CCCC4)cc3)C(=O)N2)cc1. The summed E-state index contributed by atoms with van der Waals surface area (Å²) < 4.78 is 6.15. The third kappa shape index (κ3) is 4.63. The van der Waals surface area contributed by atoms with E-state index in [1.54, 1.807) is 5.01 Å². The number of hydrazone groups is 1. The van der Waals surface area contributed by atoms with Crippen LogP contribution >= 0.6 is 11.8 Å². The van der Waals surface area contributed by atoms with Crippen molar-refractivity contribution in [1.29, 1.82) is 0 Å². The van der Waals surface area contributed by atoms with Crippen LogP contribution in [0.3, 0.4) is 0 Å². The minimum atomic E-state index is -0.434. The number of hydrogen-bond acceptors (Lipinski definition) is 6. The average Bonchev–Trinajstić information content (AvgIpc) is 3.41. The van der Waals surface area contributed by atoms with Crippen molar-refractivity contribution in [2.24, 2.45) is 10.1 Å². The van der Waals surface area contributed by atoms with E-state index in [-0.39, 0.29) is 5.91 Å². The Bertz CT molecular complexity index is 1430. The van der Waals surface area contributed by atoms with Gasteiger partial charge in [-0.2, -0.15) is 0 Å². The first-order chi connectivity index (χ1) is 17.6. The molecule has 0 saturated heterocycles. The van der Waals surface area contributed by atoms with Crippen LogP contribution < -0.4 is 20.6 Å². The first-order valence-electron chi connectivity index (χ1n) is 12.5. The van der Waals surface area contributed by atoms with Gasteiger partial charge in [0, 0.05) is 11.0 Å². The van der Waals surface area contributed by atoms with Gasteiger partial charge in [0.15, 0.2) is 11.3 Å². The molecule has 7 heteroatoms. The van der Waals surface area contributed by atoms with Crippen molar-refractivity contribution in [2.45, 2.75) is 50.6 Å². The standard InChI is InChI=1S/C29H28N4O2S/c1-19-10-12-20(13-11-19)18-36-29-31-28(34)26-24-8-4-5-9-25(24)30-27(33(26)32-29)21-14-16-23(17-15-21)35-22-6-2-3-7-22/h4-5,8-17,22,27H,2-3,6-7,18H2,1H3,(H,31,32,34). The molecule has 3 aromatic carbocycles. The van der Waals surface area contributed by atoms with Crippen molar-refractivity contribution in [3.8, 4) is 5.75 Å². The van der Waals surface area contributed by atoms with Gasteiger partial charge in [-0.25, -0.2) is 5.01 Å². The number of amidine groups is 1. The van der Waals surface area contributed by atoms with Gasteiger partial charge in [-0.05, 0) is 61.9 Å². The van der Waals surface area contributed by atoms with E-state index in [0.717, 1.165) is 34.7 Å². The van der Waals surface area contributed by atoms with E-state index in [4.69, 9.17) is 14.8 Å². The van der Waals surface area contributed by atoms with Gasteiger partial charge in [-0.15, -0.1) is 5.10 Å². The van der Waals surface area contributed by atoms with Gasteiger partial charge < -0.3 is 4.74 Å². The number of fused-ring (bicyclic) bond motifs is 2. The topological polar surface area (TPSA) is 66.3 Å². The number of carbonyl (C=O) groups excluding carboxylic acids is 1. The number of aryl methyl sites for hydroxylation is 1. The van der Waals surface area contributed by atoms with E-state index in [9.17, 15) is 4.79 Å². The Kier molecular flexibility index (Phi) is 6.23. The van der Waals surface area contributed by atoms with Crippen molar-refractivity contribution in [3.63, 3.8) is 0 Å². The summed E-state index contributed by atoms with van der Waals surface area (Å²) in [7, 11) is 0. The third-order valence-electron chi connectivity index (χ3n) is 6.79. The highest BCUT2D eigenvalue weighted by atomic mass is 32.2. The number of thioether (sulfide) groups is 1. The van der Waals surface area contributed by atoms with Crippen LogP contribution in [0.15, 0.2) is 82.9 Å². The highest BCUT2D eigenvalue weighted by Crippen LogP contribution is 2.32. The van der Waals surface area contributed by atoms with Crippen molar-refractivity contribution in [1.82, 2.24) is 10.3 Å². The second-order valence-electron chi connectivity index (χ2n) is 9.44. The summed E-state index contributed by atoms with van der Waals surface area (Å²) in [6, 6.07) is 24.2. The van der Waals surface area contributed by atoms with Crippen LogP contribution in [-0.4, -0.2) is 22.2 Å². The fourth-order valence-corrected chi connectivity index (χ4v) is 5.67. The Hall–Kier alpha value is -3.58. The molecule has 1 N–H and O–H groups in total. The highest BCUT2D eigenvalue weighted by molar-refractivity contribution is 8.13. The number of benzene rings is 3. The molecule has 2 aliphatic heterocycles. The van der Waals surface area contributed by atoms with Crippen molar-refractivity contribution >= 4 is 28.5 Å². The maximum atomic E-state index is 13.3. The van der Waals surface area contributed by atoms with Crippen molar-refractivity contribution < 1.29 is 9.53 Å². The molecule has 0 spiro atoms. The van der Waals surface area contributed by atoms with Crippen LogP contribution in [0.2, 0.25) is 0 Å². The number of ether oxygens (including phenoxy) is 1. The summed E-state index contributed by atoms with van der Waals surface area (Å²) in [6.45, 7) is 2.07. The van der Waals surface area contributed by atoms with Crippen LogP contribution in [0.4, 0.5) is 0 Å². The lowest BCUT2D eigenvalue weighted by molar-refractivity contribution is -0.116. The number of nitrogens with zero attached hydrogens (tertiary/aromatic N) is 3. The van der Waals surface area contributed by atoms with E-state index in [1.807, 2.05) is 48.5 Å². The molecule has 182 valence electrons. The van der Waals surface area contributed by atoms with E-state index < -0.39 is 6.17 Å². The van der Waals surface area contributed by atoms with Gasteiger partial charge in [0.25, 0.3) is 5.91 Å². The fraction of sp³-hybridized carbons (Fsp3) is 0.276. The van der Waals surface area contributed by atoms with Crippen LogP contribution in [0, 0.1) is 6.92 Å². The number of carbonyl (C=O) groups is 1. The van der Waals surface area contributed by atoms with Gasteiger partial charge >= 0.3 is 0 Å². The molecule has 0 bridgehead atoms. The number of nitrogens with one attached hydrogen (secondary N) is 1. The molecule has 3 aliphatic rings. The zero-order valence-electron chi connectivity index (χ0n) is 20.2. The zero-order valence-corrected chi connectivity index (χ0v) is 21.0. The monoisotopic (exact) mass is 496 g/mol. The number of hydrogen-bond donors (Lipinski definition) is 1. The molecule has 1 atom stereocenters. The summed E-state index contributed by atoms with van der Waals surface area (Å²) in [5, 5.41) is 11.8. The van der Waals surface area contributed by atoms with Crippen LogP contribution in [0.5, 0.6) is 5.75 Å². The van der Waals surface area contributed by atoms with Gasteiger partial charge in [0.05, 0.1) is 11.5 Å². The smallest absolute Gasteiger partial charge is 0.276 e. The molecule has 3 aromatic rings. The Labute approximate surface area is 214 Å². The summed E-state index contributed by atoms with van der Waals surface area (Å²) in [5.41, 5.74) is 3.89. The molecule has 6 rings (SSSR count). The third-order valence-corrected chi connectivity index (χ3v) is 7.73. The van der Waals surface area contributed by atoms with Crippen LogP contribution in [0.1, 0.15) is 48.5 Å². The average molecular weight is 497 g/mol. The molecule has 1 saturated carbocycles. The second kappa shape index (κ2) is 9.82. The molecular weight excluding hydrogens is 468 g/mol. The van der Waals surface area contributed by atoms with Gasteiger partial charge in [0.2, 0.25) is 0 Å². The predicted molar refractivity (Wildman–Crippen MR) is 143 cm³/mol. The van der Waals surface area contributed by atoms with Crippen molar-refractivity contribution in [2.75, 3.05) is 0 Å². The first kappa shape index (κ1) is 22.9. The molecule has 36 heavy (non-hydrogen) atoms. The normalized spacial score (nSPS) is 19.2. The van der Waals surface area contributed by atoms with Crippen molar-refractivity contribution in [3.05, 3.63) is 100 Å². The number of para-hydroxylation sites is 1. The molecule has 1 aliphatic carbocycles. The molecule has 0 aromatic heterocycles. The summed E-state index contributed by atoms with van der Waals surface area (Å²) in [6.07, 6.45) is 4.59. The second-order valence-corrected chi connectivity index (χ2v) is 10.4. The predicted octanol–water partition coefficient (Wildman–Crippen LogP) is 4.39. The molecule has 1 unspecified atom stereocenters. The minimum Gasteiger partial charge on any atom is -0.490 e. The Morgan fingerprint density at radius 3 is 2.53 bits per heavy atom. The fourth-order valence-electron chi connectivity index (χ4n) is 4.86. The van der Waals surface area contributed by atoms with Crippen LogP contribution in [0.25, 0.3) is 5.70 Å². The summed E-state index contributed by atoms with van der Waals surface area (Å²) in [4.78, 5) is 18.3.